The quantitative estimate of drug-likeness (QED) is 0.713. The molecular formula is C10H17FN2O2. The molecule has 0 radical (unpaired) electrons. The Balaban J connectivity index is 2.85. The number of alkyl halides is 1. The Morgan fingerprint density at radius 2 is 1.93 bits per heavy atom. The van der Waals surface area contributed by atoms with E-state index in [1.807, 2.05) is 0 Å². The summed E-state index contributed by atoms with van der Waals surface area (Å²) in [5.41, 5.74) is 4.52. The number of urea groups is 1. The van der Waals surface area contributed by atoms with E-state index in [1.165, 1.54) is 0 Å². The van der Waals surface area contributed by atoms with Gasteiger partial charge in [-0.2, -0.15) is 0 Å². The Hall–Kier alpha value is -1.13. The number of halogens is 1. The van der Waals surface area contributed by atoms with E-state index in [-0.39, 0.29) is 18.7 Å². The number of hydrogen-bond donors (Lipinski definition) is 1. The summed E-state index contributed by atoms with van der Waals surface area (Å²) in [4.78, 5) is 24.1. The fourth-order valence-corrected chi connectivity index (χ4v) is 1.78. The highest BCUT2D eigenvalue weighted by Gasteiger charge is 2.42. The molecule has 15 heavy (non-hydrogen) atoms. The van der Waals surface area contributed by atoms with E-state index in [4.69, 9.17) is 5.73 Å². The first-order chi connectivity index (χ1) is 6.73. The molecule has 0 saturated carbocycles. The first-order valence-electron chi connectivity index (χ1n) is 4.98. The number of ketones is 1. The molecule has 5 heteroatoms. The molecule has 1 rings (SSSR count). The highest BCUT2D eigenvalue weighted by molar-refractivity contribution is 5.92. The van der Waals surface area contributed by atoms with E-state index in [2.05, 4.69) is 0 Å². The fraction of sp³-hybridized carbons (Fsp3) is 0.800. The number of Topliss-reactive ketones (excluding diaryl/α,β-unsaturated/α-hetero) is 1. The first kappa shape index (κ1) is 11.9. The van der Waals surface area contributed by atoms with Crippen molar-refractivity contribution in [3.8, 4) is 0 Å². The molecule has 1 aliphatic heterocycles. The van der Waals surface area contributed by atoms with Crippen molar-refractivity contribution in [2.75, 3.05) is 6.54 Å². The molecule has 0 bridgehead atoms. The van der Waals surface area contributed by atoms with E-state index in [0.29, 0.717) is 0 Å². The zero-order chi connectivity index (χ0) is 11.8. The van der Waals surface area contributed by atoms with Gasteiger partial charge in [-0.1, -0.05) is 20.8 Å². The van der Waals surface area contributed by atoms with E-state index in [1.54, 1.807) is 20.8 Å². The molecule has 0 aromatic carbocycles. The number of nitrogens with zero attached hydrogens (tertiary/aromatic N) is 1. The molecule has 2 N–H and O–H groups in total. The third kappa shape index (κ3) is 2.46. The topological polar surface area (TPSA) is 63.4 Å². The molecule has 1 saturated heterocycles. The summed E-state index contributed by atoms with van der Waals surface area (Å²) in [5, 5.41) is 0. The number of carbonyl (C=O) groups excluding carboxylic acids is 2. The molecule has 1 fully saturated rings. The van der Waals surface area contributed by atoms with Crippen LogP contribution in [0.15, 0.2) is 0 Å². The van der Waals surface area contributed by atoms with Gasteiger partial charge in [0.1, 0.15) is 6.17 Å². The van der Waals surface area contributed by atoms with Gasteiger partial charge in [0.2, 0.25) is 0 Å². The van der Waals surface area contributed by atoms with Gasteiger partial charge in [-0.3, -0.25) is 4.79 Å². The van der Waals surface area contributed by atoms with Crippen molar-refractivity contribution in [3.63, 3.8) is 0 Å². The van der Waals surface area contributed by atoms with Crippen molar-refractivity contribution in [3.05, 3.63) is 0 Å². The average Bonchev–Trinajstić information content (AvgIpc) is 2.44. The fourth-order valence-electron chi connectivity index (χ4n) is 1.78. The highest BCUT2D eigenvalue weighted by atomic mass is 19.1. The van der Waals surface area contributed by atoms with Crippen molar-refractivity contribution in [1.29, 1.82) is 0 Å². The van der Waals surface area contributed by atoms with Gasteiger partial charge in [-0.05, 0) is 0 Å². The molecule has 0 aromatic heterocycles. The van der Waals surface area contributed by atoms with Gasteiger partial charge >= 0.3 is 6.03 Å². The van der Waals surface area contributed by atoms with Gasteiger partial charge in [0.25, 0.3) is 0 Å². The number of carbonyl (C=O) groups is 2. The number of rotatable bonds is 1. The van der Waals surface area contributed by atoms with Crippen molar-refractivity contribution in [2.24, 2.45) is 11.1 Å². The molecule has 2 atom stereocenters. The predicted octanol–water partition coefficient (Wildman–Crippen LogP) is 1.09. The van der Waals surface area contributed by atoms with E-state index >= 15 is 0 Å². The Labute approximate surface area is 88.6 Å². The van der Waals surface area contributed by atoms with Gasteiger partial charge in [-0.25, -0.2) is 9.18 Å². The van der Waals surface area contributed by atoms with Crippen LogP contribution in [0.5, 0.6) is 0 Å². The maximum absolute atomic E-state index is 13.1. The second kappa shape index (κ2) is 3.79. The van der Waals surface area contributed by atoms with Gasteiger partial charge < -0.3 is 10.6 Å². The largest absolute Gasteiger partial charge is 0.351 e. The van der Waals surface area contributed by atoms with Crippen LogP contribution in [0.2, 0.25) is 0 Å². The lowest BCUT2D eigenvalue weighted by molar-refractivity contribution is -0.130. The molecule has 4 nitrogen and oxygen atoms in total. The van der Waals surface area contributed by atoms with Crippen molar-refractivity contribution >= 4 is 11.8 Å². The lowest BCUT2D eigenvalue weighted by Gasteiger charge is -2.27. The summed E-state index contributed by atoms with van der Waals surface area (Å²) in [6.07, 6.45) is -1.08. The standard InChI is InChI=1S/C10H17FN2O2/c1-10(2,3)8(14)7-4-6(11)5-13(7)9(12)15/h6-7H,4-5H2,1-3H3,(H2,12,15)/t6-,7-/m0/s1. The summed E-state index contributed by atoms with van der Waals surface area (Å²) in [6.45, 7) is 5.18. The smallest absolute Gasteiger partial charge is 0.315 e. The predicted molar refractivity (Wildman–Crippen MR) is 54.1 cm³/mol. The Kier molecular flexibility index (Phi) is 3.02. The molecule has 0 unspecified atom stereocenters. The monoisotopic (exact) mass is 216 g/mol. The number of likely N-dealkylation sites (tertiary alicyclic amines) is 1. The molecule has 2 amide bonds. The van der Waals surface area contributed by atoms with E-state index < -0.39 is 23.7 Å². The number of primary amides is 1. The number of nitrogens with two attached hydrogens (primary N) is 1. The first-order valence-corrected chi connectivity index (χ1v) is 4.98. The lowest BCUT2D eigenvalue weighted by atomic mass is 9.85. The second-order valence-corrected chi connectivity index (χ2v) is 4.95. The van der Waals surface area contributed by atoms with Gasteiger partial charge in [0, 0.05) is 11.8 Å². The Morgan fingerprint density at radius 1 is 1.40 bits per heavy atom. The van der Waals surface area contributed by atoms with Crippen LogP contribution >= 0.6 is 0 Å². The van der Waals surface area contributed by atoms with Crippen LogP contribution in [-0.4, -0.2) is 35.5 Å². The van der Waals surface area contributed by atoms with Gasteiger partial charge in [0.15, 0.2) is 5.78 Å². The maximum Gasteiger partial charge on any atom is 0.315 e. The van der Waals surface area contributed by atoms with Crippen LogP contribution in [0.4, 0.5) is 9.18 Å². The van der Waals surface area contributed by atoms with Crippen LogP contribution in [0.1, 0.15) is 27.2 Å². The molecule has 1 aliphatic rings. The number of amides is 2. The highest BCUT2D eigenvalue weighted by Crippen LogP contribution is 2.27. The van der Waals surface area contributed by atoms with Crippen LogP contribution in [0, 0.1) is 5.41 Å². The SMILES string of the molecule is CC(C)(C)C(=O)[C@@H]1C[C@H](F)CN1C(N)=O. The summed E-state index contributed by atoms with van der Waals surface area (Å²) >= 11 is 0. The lowest BCUT2D eigenvalue weighted by Crippen LogP contribution is -2.47. The summed E-state index contributed by atoms with van der Waals surface area (Å²) in [6, 6.07) is -1.42. The minimum absolute atomic E-state index is 0.0676. The average molecular weight is 216 g/mol. The van der Waals surface area contributed by atoms with Crippen LogP contribution in [0.3, 0.4) is 0 Å². The molecule has 0 aromatic rings. The minimum atomic E-state index is -1.14. The summed E-state index contributed by atoms with van der Waals surface area (Å²) in [7, 11) is 0. The van der Waals surface area contributed by atoms with E-state index in [0.717, 1.165) is 4.90 Å². The van der Waals surface area contributed by atoms with Gasteiger partial charge in [0.05, 0.1) is 12.6 Å². The van der Waals surface area contributed by atoms with Gasteiger partial charge in [-0.15, -0.1) is 0 Å². The maximum atomic E-state index is 13.1. The van der Waals surface area contributed by atoms with Crippen molar-refractivity contribution in [2.45, 2.75) is 39.4 Å². The Bertz CT molecular complexity index is 286. The molecule has 1 heterocycles. The minimum Gasteiger partial charge on any atom is -0.351 e. The van der Waals surface area contributed by atoms with Crippen LogP contribution in [-0.2, 0) is 4.79 Å². The van der Waals surface area contributed by atoms with Crippen LogP contribution in [0.25, 0.3) is 0 Å². The Morgan fingerprint density at radius 3 is 2.33 bits per heavy atom. The third-order valence-corrected chi connectivity index (χ3v) is 2.57. The van der Waals surface area contributed by atoms with Crippen molar-refractivity contribution < 1.29 is 14.0 Å². The number of hydrogen-bond acceptors (Lipinski definition) is 2. The van der Waals surface area contributed by atoms with Crippen LogP contribution < -0.4 is 5.73 Å². The molecular weight excluding hydrogens is 199 g/mol. The molecule has 0 aliphatic carbocycles. The van der Waals surface area contributed by atoms with E-state index in [9.17, 15) is 14.0 Å². The summed E-state index contributed by atoms with van der Waals surface area (Å²) < 4.78 is 13.1. The zero-order valence-electron chi connectivity index (χ0n) is 9.29. The normalized spacial score (nSPS) is 26.8. The second-order valence-electron chi connectivity index (χ2n) is 4.95. The summed E-state index contributed by atoms with van der Waals surface area (Å²) in [5.74, 6) is -0.138. The molecule has 0 spiro atoms. The molecule has 86 valence electrons. The van der Waals surface area contributed by atoms with Crippen molar-refractivity contribution in [1.82, 2.24) is 4.90 Å². The third-order valence-electron chi connectivity index (χ3n) is 2.57. The zero-order valence-corrected chi connectivity index (χ0v) is 9.29.